The SMILES string of the molecule is COc1cc(C)nc(CN2CCCNC(C(C)(C)C)C2)c1. The number of hydrogen-bond acceptors (Lipinski definition) is 4. The Bertz CT molecular complexity index is 468. The standard InChI is InChI=1S/C17H29N3O/c1-13-9-15(21-5)10-14(19-13)11-20-8-6-7-18-16(12-20)17(2,3)4/h9-10,16,18H,6-8,11-12H2,1-5H3. The summed E-state index contributed by atoms with van der Waals surface area (Å²) in [5.41, 5.74) is 2.39. The fraction of sp³-hybridized carbons (Fsp3) is 0.706. The molecule has 0 saturated carbocycles. The molecule has 4 heteroatoms. The van der Waals surface area contributed by atoms with Crippen molar-refractivity contribution in [1.29, 1.82) is 0 Å². The Morgan fingerprint density at radius 2 is 2.14 bits per heavy atom. The van der Waals surface area contributed by atoms with Gasteiger partial charge in [-0.2, -0.15) is 0 Å². The lowest BCUT2D eigenvalue weighted by Gasteiger charge is -2.33. The Morgan fingerprint density at radius 3 is 2.81 bits per heavy atom. The van der Waals surface area contributed by atoms with Gasteiger partial charge in [0.25, 0.3) is 0 Å². The Morgan fingerprint density at radius 1 is 1.38 bits per heavy atom. The van der Waals surface area contributed by atoms with E-state index in [1.807, 2.05) is 13.0 Å². The molecule has 118 valence electrons. The number of nitrogens with one attached hydrogen (secondary N) is 1. The molecule has 4 nitrogen and oxygen atoms in total. The summed E-state index contributed by atoms with van der Waals surface area (Å²) >= 11 is 0. The molecule has 0 aromatic carbocycles. The molecule has 1 unspecified atom stereocenters. The minimum Gasteiger partial charge on any atom is -0.497 e. The van der Waals surface area contributed by atoms with Gasteiger partial charge in [-0.1, -0.05) is 20.8 Å². The van der Waals surface area contributed by atoms with Crippen LogP contribution in [-0.4, -0.2) is 42.7 Å². The van der Waals surface area contributed by atoms with Crippen LogP contribution in [0.4, 0.5) is 0 Å². The molecule has 1 aromatic rings. The Balaban J connectivity index is 2.08. The molecule has 0 bridgehead atoms. The van der Waals surface area contributed by atoms with E-state index in [2.05, 4.69) is 42.0 Å². The highest BCUT2D eigenvalue weighted by Crippen LogP contribution is 2.23. The van der Waals surface area contributed by atoms with Gasteiger partial charge in [0.1, 0.15) is 5.75 Å². The van der Waals surface area contributed by atoms with Gasteiger partial charge in [0.15, 0.2) is 0 Å². The molecule has 0 aliphatic carbocycles. The van der Waals surface area contributed by atoms with Crippen LogP contribution >= 0.6 is 0 Å². The Labute approximate surface area is 128 Å². The molecule has 1 N–H and O–H groups in total. The number of hydrogen-bond donors (Lipinski definition) is 1. The summed E-state index contributed by atoms with van der Waals surface area (Å²) in [7, 11) is 1.71. The van der Waals surface area contributed by atoms with Crippen molar-refractivity contribution in [3.8, 4) is 5.75 Å². The van der Waals surface area contributed by atoms with Crippen LogP contribution in [0.2, 0.25) is 0 Å². The van der Waals surface area contributed by atoms with Gasteiger partial charge in [-0.05, 0) is 31.8 Å². The maximum atomic E-state index is 5.35. The largest absolute Gasteiger partial charge is 0.497 e. The van der Waals surface area contributed by atoms with E-state index in [1.54, 1.807) is 7.11 Å². The van der Waals surface area contributed by atoms with Gasteiger partial charge in [-0.3, -0.25) is 9.88 Å². The first-order chi connectivity index (χ1) is 9.88. The van der Waals surface area contributed by atoms with Crippen molar-refractivity contribution in [3.05, 3.63) is 23.5 Å². The van der Waals surface area contributed by atoms with E-state index in [0.29, 0.717) is 6.04 Å². The van der Waals surface area contributed by atoms with Crippen molar-refractivity contribution < 1.29 is 4.74 Å². The number of methoxy groups -OCH3 is 1. The predicted molar refractivity (Wildman–Crippen MR) is 86.7 cm³/mol. The molecular formula is C17H29N3O. The first-order valence-corrected chi connectivity index (χ1v) is 7.86. The monoisotopic (exact) mass is 291 g/mol. The molecule has 1 fully saturated rings. The minimum absolute atomic E-state index is 0.278. The van der Waals surface area contributed by atoms with Crippen molar-refractivity contribution in [1.82, 2.24) is 15.2 Å². The van der Waals surface area contributed by atoms with Gasteiger partial charge in [0, 0.05) is 37.0 Å². The van der Waals surface area contributed by atoms with Crippen LogP contribution in [0.3, 0.4) is 0 Å². The molecule has 21 heavy (non-hydrogen) atoms. The summed E-state index contributed by atoms with van der Waals surface area (Å²) < 4.78 is 5.35. The zero-order chi connectivity index (χ0) is 15.5. The number of pyridine rings is 1. The third-order valence-electron chi connectivity index (χ3n) is 4.13. The van der Waals surface area contributed by atoms with Crippen LogP contribution < -0.4 is 10.1 Å². The second kappa shape index (κ2) is 6.75. The third-order valence-corrected chi connectivity index (χ3v) is 4.13. The number of rotatable bonds is 3. The lowest BCUT2D eigenvalue weighted by atomic mass is 9.86. The molecule has 0 amide bonds. The van der Waals surface area contributed by atoms with Crippen LogP contribution in [0.5, 0.6) is 5.75 Å². The van der Waals surface area contributed by atoms with E-state index < -0.39 is 0 Å². The highest BCUT2D eigenvalue weighted by Gasteiger charge is 2.28. The van der Waals surface area contributed by atoms with E-state index in [-0.39, 0.29) is 5.41 Å². The van der Waals surface area contributed by atoms with Crippen LogP contribution in [0.15, 0.2) is 12.1 Å². The van der Waals surface area contributed by atoms with Crippen molar-refractivity contribution >= 4 is 0 Å². The van der Waals surface area contributed by atoms with Gasteiger partial charge in [-0.25, -0.2) is 0 Å². The summed E-state index contributed by atoms with van der Waals surface area (Å²) in [6.45, 7) is 13.1. The molecule has 1 aliphatic rings. The van der Waals surface area contributed by atoms with Gasteiger partial charge in [-0.15, -0.1) is 0 Å². The molecule has 0 radical (unpaired) electrons. The van der Waals surface area contributed by atoms with Gasteiger partial charge < -0.3 is 10.1 Å². The quantitative estimate of drug-likeness (QED) is 0.929. The summed E-state index contributed by atoms with van der Waals surface area (Å²) in [6, 6.07) is 4.55. The fourth-order valence-electron chi connectivity index (χ4n) is 2.85. The molecule has 2 rings (SSSR count). The van der Waals surface area contributed by atoms with Crippen molar-refractivity contribution in [2.45, 2.75) is 46.7 Å². The van der Waals surface area contributed by atoms with Gasteiger partial charge >= 0.3 is 0 Å². The number of aryl methyl sites for hydroxylation is 1. The van der Waals surface area contributed by atoms with Crippen LogP contribution in [-0.2, 0) is 6.54 Å². The smallest absolute Gasteiger partial charge is 0.122 e. The Kier molecular flexibility index (Phi) is 5.22. The van der Waals surface area contributed by atoms with E-state index in [9.17, 15) is 0 Å². The Hall–Kier alpha value is -1.13. The topological polar surface area (TPSA) is 37.4 Å². The summed E-state index contributed by atoms with van der Waals surface area (Å²) in [5, 5.41) is 3.68. The number of ether oxygens (including phenoxy) is 1. The van der Waals surface area contributed by atoms with Crippen molar-refractivity contribution in [2.75, 3.05) is 26.7 Å². The van der Waals surface area contributed by atoms with E-state index in [0.717, 1.165) is 43.3 Å². The van der Waals surface area contributed by atoms with Crippen LogP contribution in [0.25, 0.3) is 0 Å². The van der Waals surface area contributed by atoms with Crippen LogP contribution in [0, 0.1) is 12.3 Å². The third kappa shape index (κ3) is 4.68. The first kappa shape index (κ1) is 16.2. The van der Waals surface area contributed by atoms with Crippen LogP contribution in [0.1, 0.15) is 38.6 Å². The highest BCUT2D eigenvalue weighted by atomic mass is 16.5. The van der Waals surface area contributed by atoms with E-state index in [4.69, 9.17) is 4.74 Å². The molecule has 1 aromatic heterocycles. The lowest BCUT2D eigenvalue weighted by molar-refractivity contribution is 0.190. The highest BCUT2D eigenvalue weighted by molar-refractivity contribution is 5.26. The predicted octanol–water partition coefficient (Wildman–Crippen LogP) is 2.61. The molecule has 0 spiro atoms. The number of aromatic nitrogens is 1. The zero-order valence-electron chi connectivity index (χ0n) is 14.1. The normalized spacial score (nSPS) is 21.1. The fourth-order valence-corrected chi connectivity index (χ4v) is 2.85. The minimum atomic E-state index is 0.278. The lowest BCUT2D eigenvalue weighted by Crippen LogP contribution is -2.46. The average molecular weight is 291 g/mol. The summed E-state index contributed by atoms with van der Waals surface area (Å²) in [6.07, 6.45) is 1.19. The molecule has 1 saturated heterocycles. The summed E-state index contributed by atoms with van der Waals surface area (Å²) in [4.78, 5) is 7.16. The average Bonchev–Trinajstić information content (AvgIpc) is 2.63. The molecule has 2 heterocycles. The van der Waals surface area contributed by atoms with E-state index in [1.165, 1.54) is 6.42 Å². The van der Waals surface area contributed by atoms with E-state index >= 15 is 0 Å². The second-order valence-electron chi connectivity index (χ2n) is 7.10. The maximum Gasteiger partial charge on any atom is 0.122 e. The molecular weight excluding hydrogens is 262 g/mol. The maximum absolute atomic E-state index is 5.35. The second-order valence-corrected chi connectivity index (χ2v) is 7.10. The molecule has 1 atom stereocenters. The zero-order valence-corrected chi connectivity index (χ0v) is 14.1. The van der Waals surface area contributed by atoms with Crippen molar-refractivity contribution in [2.24, 2.45) is 5.41 Å². The summed E-state index contributed by atoms with van der Waals surface area (Å²) in [5.74, 6) is 0.901. The number of nitrogens with zero attached hydrogens (tertiary/aromatic N) is 2. The molecule has 1 aliphatic heterocycles. The first-order valence-electron chi connectivity index (χ1n) is 7.86. The van der Waals surface area contributed by atoms with Crippen molar-refractivity contribution in [3.63, 3.8) is 0 Å². The van der Waals surface area contributed by atoms with Gasteiger partial charge in [0.2, 0.25) is 0 Å². The van der Waals surface area contributed by atoms with Gasteiger partial charge in [0.05, 0.1) is 12.8 Å².